The lowest BCUT2D eigenvalue weighted by Crippen LogP contribution is -2.60. The molecule has 0 aromatic rings. The average molecular weight is 907 g/mol. The number of carbonyl (C=O) groups is 2. The van der Waals surface area contributed by atoms with Crippen LogP contribution in [0.1, 0.15) is 162 Å². The first-order valence-corrected chi connectivity index (χ1v) is 25.3. The fourth-order valence-electron chi connectivity index (χ4n) is 6.58. The molecule has 63 heavy (non-hydrogen) atoms. The zero-order valence-electron chi connectivity index (χ0n) is 38.4. The molecule has 1 aliphatic heterocycles. The van der Waals surface area contributed by atoms with Crippen molar-refractivity contribution in [2.24, 2.45) is 0 Å². The van der Waals surface area contributed by atoms with Crippen molar-refractivity contribution in [3.05, 3.63) is 85.1 Å². The van der Waals surface area contributed by atoms with Gasteiger partial charge in [-0.1, -0.05) is 157 Å². The topological polar surface area (TPSA) is 186 Å². The largest absolute Gasteiger partial charge is 0.462 e. The Morgan fingerprint density at radius 2 is 1.03 bits per heavy atom. The Kier molecular flexibility index (Phi) is 36.0. The number of aliphatic hydroxyl groups excluding tert-OH is 3. The summed E-state index contributed by atoms with van der Waals surface area (Å²) in [5, 5.41) is 30.9. The minimum Gasteiger partial charge on any atom is -0.462 e. The van der Waals surface area contributed by atoms with Gasteiger partial charge in [0.25, 0.3) is 10.1 Å². The van der Waals surface area contributed by atoms with Gasteiger partial charge < -0.3 is 34.3 Å². The van der Waals surface area contributed by atoms with Gasteiger partial charge in [0.2, 0.25) is 0 Å². The number of aliphatic hydroxyl groups is 3. The van der Waals surface area contributed by atoms with Crippen molar-refractivity contribution >= 4 is 22.1 Å². The molecule has 0 aromatic carbocycles. The van der Waals surface area contributed by atoms with Crippen LogP contribution in [-0.2, 0) is 38.7 Å². The summed E-state index contributed by atoms with van der Waals surface area (Å²) in [5.41, 5.74) is 0. The van der Waals surface area contributed by atoms with E-state index in [1.807, 2.05) is 18.2 Å². The third-order valence-electron chi connectivity index (χ3n) is 10.2. The van der Waals surface area contributed by atoms with E-state index in [2.05, 4.69) is 80.7 Å². The molecule has 6 unspecified atom stereocenters. The van der Waals surface area contributed by atoms with E-state index in [0.717, 1.165) is 70.6 Å². The highest BCUT2D eigenvalue weighted by Crippen LogP contribution is 2.24. The number of rotatable bonds is 38. The van der Waals surface area contributed by atoms with Gasteiger partial charge in [-0.05, 0) is 77.0 Å². The van der Waals surface area contributed by atoms with Crippen molar-refractivity contribution in [2.75, 3.05) is 19.0 Å². The highest BCUT2D eigenvalue weighted by atomic mass is 32.2. The predicted molar refractivity (Wildman–Crippen MR) is 251 cm³/mol. The highest BCUT2D eigenvalue weighted by molar-refractivity contribution is 7.85. The zero-order chi connectivity index (χ0) is 46.2. The van der Waals surface area contributed by atoms with Crippen LogP contribution >= 0.6 is 0 Å². The molecule has 0 aliphatic carbocycles. The van der Waals surface area contributed by atoms with E-state index in [1.165, 1.54) is 44.9 Å². The maximum Gasteiger partial charge on any atom is 0.306 e. The quantitative estimate of drug-likeness (QED) is 0.0199. The number of unbranched alkanes of at least 4 members (excludes halogenated alkanes) is 12. The van der Waals surface area contributed by atoms with Crippen LogP contribution in [0.4, 0.5) is 0 Å². The first kappa shape index (κ1) is 57.8. The zero-order valence-corrected chi connectivity index (χ0v) is 39.2. The third-order valence-corrected chi connectivity index (χ3v) is 11.0. The van der Waals surface area contributed by atoms with Crippen LogP contribution in [0.3, 0.4) is 0 Å². The molecule has 12 nitrogen and oxygen atoms in total. The number of ether oxygens (including phenoxy) is 4. The number of hydrogen-bond acceptors (Lipinski definition) is 11. The first-order valence-electron chi connectivity index (χ1n) is 23.6. The monoisotopic (exact) mass is 907 g/mol. The van der Waals surface area contributed by atoms with E-state index in [-0.39, 0.29) is 19.4 Å². The second kappa shape index (κ2) is 39.2. The van der Waals surface area contributed by atoms with Gasteiger partial charge in [0.1, 0.15) is 36.8 Å². The van der Waals surface area contributed by atoms with Gasteiger partial charge in [0.15, 0.2) is 12.4 Å². The van der Waals surface area contributed by atoms with Crippen LogP contribution in [0, 0.1) is 0 Å². The lowest BCUT2D eigenvalue weighted by atomic mass is 10.00. The first-order chi connectivity index (χ1) is 30.5. The Bertz CT molecular complexity index is 1480. The number of carbonyl (C=O) groups excluding carboxylic acids is 2. The van der Waals surface area contributed by atoms with Gasteiger partial charge >= 0.3 is 11.9 Å². The van der Waals surface area contributed by atoms with E-state index >= 15 is 0 Å². The summed E-state index contributed by atoms with van der Waals surface area (Å²) in [6.07, 6.45) is 42.1. The predicted octanol–water partition coefficient (Wildman–Crippen LogP) is 10.1. The van der Waals surface area contributed by atoms with Crippen LogP contribution in [0.15, 0.2) is 85.1 Å². The van der Waals surface area contributed by atoms with E-state index < -0.39 is 71.2 Å². The molecule has 1 saturated heterocycles. The molecule has 0 saturated carbocycles. The smallest absolute Gasteiger partial charge is 0.306 e. The minimum atomic E-state index is -4.62. The molecule has 1 rings (SSSR count). The van der Waals surface area contributed by atoms with Crippen molar-refractivity contribution < 1.29 is 56.8 Å². The van der Waals surface area contributed by atoms with Crippen LogP contribution in [-0.4, -0.2) is 96.0 Å². The Morgan fingerprint density at radius 3 is 1.56 bits per heavy atom. The fourth-order valence-corrected chi connectivity index (χ4v) is 7.27. The summed E-state index contributed by atoms with van der Waals surface area (Å²) in [6.45, 7) is 3.57. The summed E-state index contributed by atoms with van der Waals surface area (Å²) >= 11 is 0. The number of allylic oxidation sites excluding steroid dienone is 14. The second-order valence-electron chi connectivity index (χ2n) is 16.0. The molecule has 13 heteroatoms. The Morgan fingerprint density at radius 1 is 0.556 bits per heavy atom. The number of hydrogen-bond donors (Lipinski definition) is 4. The Labute approximate surface area is 380 Å². The highest BCUT2D eigenvalue weighted by Gasteiger charge is 2.46. The van der Waals surface area contributed by atoms with Gasteiger partial charge in [-0.3, -0.25) is 14.1 Å². The molecule has 6 atom stereocenters. The van der Waals surface area contributed by atoms with E-state index in [1.54, 1.807) is 0 Å². The molecular weight excluding hydrogens is 825 g/mol. The van der Waals surface area contributed by atoms with Crippen LogP contribution in [0.5, 0.6) is 0 Å². The van der Waals surface area contributed by atoms with Gasteiger partial charge in [0.05, 0.1) is 6.61 Å². The van der Waals surface area contributed by atoms with Gasteiger partial charge in [-0.2, -0.15) is 8.42 Å². The van der Waals surface area contributed by atoms with E-state index in [0.29, 0.717) is 19.3 Å². The van der Waals surface area contributed by atoms with Gasteiger partial charge in [0, 0.05) is 12.8 Å². The molecule has 4 N–H and O–H groups in total. The molecule has 0 bridgehead atoms. The molecular formula is C50H82O12S. The lowest BCUT2D eigenvalue weighted by molar-refractivity contribution is -0.297. The maximum absolute atomic E-state index is 12.8. The molecule has 1 aliphatic rings. The lowest BCUT2D eigenvalue weighted by Gasteiger charge is -2.40. The van der Waals surface area contributed by atoms with Crippen molar-refractivity contribution in [2.45, 2.75) is 198 Å². The summed E-state index contributed by atoms with van der Waals surface area (Å²) in [7, 11) is -4.62. The molecule has 360 valence electrons. The summed E-state index contributed by atoms with van der Waals surface area (Å²) in [4.78, 5) is 25.4. The van der Waals surface area contributed by atoms with Gasteiger partial charge in [-0.25, -0.2) is 0 Å². The summed E-state index contributed by atoms with van der Waals surface area (Å²) < 4.78 is 54.0. The van der Waals surface area contributed by atoms with Crippen molar-refractivity contribution in [3.8, 4) is 0 Å². The number of esters is 2. The van der Waals surface area contributed by atoms with Crippen LogP contribution in [0.25, 0.3) is 0 Å². The summed E-state index contributed by atoms with van der Waals surface area (Å²) in [6, 6.07) is 0. The van der Waals surface area contributed by atoms with Crippen LogP contribution < -0.4 is 0 Å². The molecule has 0 spiro atoms. The van der Waals surface area contributed by atoms with Crippen molar-refractivity contribution in [3.63, 3.8) is 0 Å². The fraction of sp³-hybridized carbons (Fsp3) is 0.680. The van der Waals surface area contributed by atoms with Crippen molar-refractivity contribution in [1.29, 1.82) is 0 Å². The maximum atomic E-state index is 12.8. The minimum absolute atomic E-state index is 0.0332. The Balaban J connectivity index is 2.50. The average Bonchev–Trinajstić information content (AvgIpc) is 3.25. The molecule has 0 radical (unpaired) electrons. The standard InChI is InChI=1S/C50H82O12S/c1-3-5-7-9-11-13-15-17-19-21-22-23-25-27-29-31-33-35-37-39-46(52)61-43(41-60-50-49(55)48(54)47(53)44(62-50)42-63(56,57)58)40-59-45(51)38-36-34-32-30-28-26-24-20-18-16-14-12-10-8-6-4-2/h5,7,11,13,17,19-20,22-24,27,29,33,35,43-44,47-50,53-55H,3-4,6,8-10,12,14-16,18,21,25-26,28,30-32,34,36-42H2,1-2H3,(H,56,57,58)/b7-5-,13-11-,19-17-,23-22-,24-20-,29-27-,35-33-. The normalized spacial score (nSPS) is 20.5. The molecule has 0 amide bonds. The third kappa shape index (κ3) is 33.9. The second-order valence-corrected chi connectivity index (χ2v) is 17.5. The summed E-state index contributed by atoms with van der Waals surface area (Å²) in [5.74, 6) is -2.11. The molecule has 1 heterocycles. The van der Waals surface area contributed by atoms with Crippen LogP contribution in [0.2, 0.25) is 0 Å². The van der Waals surface area contributed by atoms with Crippen molar-refractivity contribution in [1.82, 2.24) is 0 Å². The molecule has 0 aromatic heterocycles. The Hall–Kier alpha value is -3.17. The SMILES string of the molecule is CC/C=C\C/C=C\C/C=C\C/C=C\C/C=C\C/C=C\CCC(=O)OC(COC(=O)CCCCCCC/C=C\CCCCCCCCC)COC1OC(CS(=O)(=O)O)C(O)C(O)C1O. The van der Waals surface area contributed by atoms with E-state index in [9.17, 15) is 37.9 Å². The van der Waals surface area contributed by atoms with E-state index in [4.69, 9.17) is 18.9 Å². The molecule has 1 fully saturated rings. The van der Waals surface area contributed by atoms with Gasteiger partial charge in [-0.15, -0.1) is 0 Å².